The fourth-order valence-electron chi connectivity index (χ4n) is 1.90. The number of carbonyl (C=O) groups is 1. The molecule has 3 rings (SSSR count). The summed E-state index contributed by atoms with van der Waals surface area (Å²) in [5.41, 5.74) is 3.76. The van der Waals surface area contributed by atoms with Crippen molar-refractivity contribution in [2.24, 2.45) is 5.84 Å². The lowest BCUT2D eigenvalue weighted by Crippen LogP contribution is -2.30. The van der Waals surface area contributed by atoms with E-state index < -0.39 is 5.91 Å². The SMILES string of the molecule is Cc1noc2nc(-c3ccco3)cc(C(=O)NN)c12. The van der Waals surface area contributed by atoms with Gasteiger partial charge in [0.1, 0.15) is 5.69 Å². The van der Waals surface area contributed by atoms with E-state index in [0.717, 1.165) is 0 Å². The van der Waals surface area contributed by atoms with E-state index in [2.05, 4.69) is 15.6 Å². The number of fused-ring (bicyclic) bond motifs is 1. The Morgan fingerprint density at radius 3 is 3.00 bits per heavy atom. The van der Waals surface area contributed by atoms with Gasteiger partial charge in [-0.1, -0.05) is 5.16 Å². The number of aryl methyl sites for hydroxylation is 1. The van der Waals surface area contributed by atoms with Crippen molar-refractivity contribution < 1.29 is 13.7 Å². The smallest absolute Gasteiger partial charge is 0.266 e. The molecule has 0 bridgehead atoms. The Hall–Kier alpha value is -2.67. The highest BCUT2D eigenvalue weighted by Crippen LogP contribution is 2.26. The van der Waals surface area contributed by atoms with Crippen LogP contribution in [0.5, 0.6) is 0 Å². The minimum Gasteiger partial charge on any atom is -0.463 e. The van der Waals surface area contributed by atoms with Gasteiger partial charge in [-0.25, -0.2) is 10.8 Å². The van der Waals surface area contributed by atoms with Crippen molar-refractivity contribution >= 4 is 17.0 Å². The van der Waals surface area contributed by atoms with Crippen molar-refractivity contribution in [1.82, 2.24) is 15.6 Å². The van der Waals surface area contributed by atoms with Crippen LogP contribution in [0.1, 0.15) is 16.1 Å². The molecule has 0 unspecified atom stereocenters. The van der Waals surface area contributed by atoms with Crippen LogP contribution >= 0.6 is 0 Å². The Kier molecular flexibility index (Phi) is 2.53. The van der Waals surface area contributed by atoms with E-state index in [0.29, 0.717) is 28.1 Å². The zero-order valence-electron chi connectivity index (χ0n) is 10.0. The molecule has 96 valence electrons. The summed E-state index contributed by atoms with van der Waals surface area (Å²) in [5, 5.41) is 4.35. The molecule has 0 aliphatic rings. The van der Waals surface area contributed by atoms with Gasteiger partial charge in [0.25, 0.3) is 11.6 Å². The lowest BCUT2D eigenvalue weighted by atomic mass is 10.1. The molecule has 7 nitrogen and oxygen atoms in total. The Labute approximate surface area is 107 Å². The molecule has 1 amide bonds. The Bertz CT molecular complexity index is 746. The van der Waals surface area contributed by atoms with E-state index in [1.807, 2.05) is 0 Å². The lowest BCUT2D eigenvalue weighted by Gasteiger charge is -2.03. The lowest BCUT2D eigenvalue weighted by molar-refractivity contribution is 0.0955. The third-order valence-corrected chi connectivity index (χ3v) is 2.77. The van der Waals surface area contributed by atoms with Crippen LogP contribution in [0.15, 0.2) is 33.4 Å². The molecule has 3 aromatic rings. The Morgan fingerprint density at radius 1 is 1.47 bits per heavy atom. The summed E-state index contributed by atoms with van der Waals surface area (Å²) in [4.78, 5) is 16.1. The third kappa shape index (κ3) is 1.76. The molecule has 0 aliphatic heterocycles. The molecule has 0 aliphatic carbocycles. The molecule has 0 atom stereocenters. The summed E-state index contributed by atoms with van der Waals surface area (Å²) in [7, 11) is 0. The summed E-state index contributed by atoms with van der Waals surface area (Å²) in [6.45, 7) is 1.73. The van der Waals surface area contributed by atoms with E-state index in [4.69, 9.17) is 14.8 Å². The van der Waals surface area contributed by atoms with Gasteiger partial charge in [0.05, 0.1) is 22.9 Å². The highest BCUT2D eigenvalue weighted by Gasteiger charge is 2.19. The molecule has 7 heteroatoms. The van der Waals surface area contributed by atoms with Gasteiger partial charge >= 0.3 is 0 Å². The number of aromatic nitrogens is 2. The van der Waals surface area contributed by atoms with Gasteiger partial charge in [-0.2, -0.15) is 0 Å². The first kappa shape index (κ1) is 11.4. The molecule has 3 aromatic heterocycles. The maximum Gasteiger partial charge on any atom is 0.266 e. The van der Waals surface area contributed by atoms with Gasteiger partial charge in [0, 0.05) is 0 Å². The van der Waals surface area contributed by atoms with Crippen LogP contribution in [0.2, 0.25) is 0 Å². The number of furan rings is 1. The Morgan fingerprint density at radius 2 is 2.32 bits per heavy atom. The molecule has 0 spiro atoms. The molecule has 0 radical (unpaired) electrons. The summed E-state index contributed by atoms with van der Waals surface area (Å²) in [5.74, 6) is 5.28. The number of rotatable bonds is 2. The largest absolute Gasteiger partial charge is 0.463 e. The van der Waals surface area contributed by atoms with Crippen LogP contribution in [0.3, 0.4) is 0 Å². The first-order valence-corrected chi connectivity index (χ1v) is 5.52. The first-order valence-electron chi connectivity index (χ1n) is 5.52. The zero-order valence-corrected chi connectivity index (χ0v) is 10.0. The number of hydrogen-bond acceptors (Lipinski definition) is 6. The van der Waals surface area contributed by atoms with Gasteiger partial charge < -0.3 is 8.94 Å². The number of nitrogens with one attached hydrogen (secondary N) is 1. The van der Waals surface area contributed by atoms with Crippen LogP contribution < -0.4 is 11.3 Å². The average Bonchev–Trinajstić information content (AvgIpc) is 3.07. The van der Waals surface area contributed by atoms with Crippen molar-refractivity contribution in [3.8, 4) is 11.5 Å². The summed E-state index contributed by atoms with van der Waals surface area (Å²) in [6, 6.07) is 5.06. The number of nitrogens with zero attached hydrogens (tertiary/aromatic N) is 2. The topological polar surface area (TPSA) is 107 Å². The second kappa shape index (κ2) is 4.21. The van der Waals surface area contributed by atoms with Crippen molar-refractivity contribution in [3.63, 3.8) is 0 Å². The maximum atomic E-state index is 11.8. The molecular formula is C12H10N4O3. The van der Waals surface area contributed by atoms with Crippen molar-refractivity contribution in [2.45, 2.75) is 6.92 Å². The second-order valence-electron chi connectivity index (χ2n) is 3.95. The zero-order chi connectivity index (χ0) is 13.4. The predicted octanol–water partition coefficient (Wildman–Crippen LogP) is 1.39. The van der Waals surface area contributed by atoms with Crippen molar-refractivity contribution in [2.75, 3.05) is 0 Å². The summed E-state index contributed by atoms with van der Waals surface area (Å²) < 4.78 is 10.4. The molecule has 0 aromatic carbocycles. The van der Waals surface area contributed by atoms with Crippen molar-refractivity contribution in [3.05, 3.63) is 35.7 Å². The molecule has 3 N–H and O–H groups in total. The number of nitrogens with two attached hydrogens (primary N) is 1. The van der Waals surface area contributed by atoms with Gasteiger partial charge in [0.2, 0.25) is 0 Å². The van der Waals surface area contributed by atoms with Gasteiger partial charge in [-0.15, -0.1) is 0 Å². The number of pyridine rings is 1. The third-order valence-electron chi connectivity index (χ3n) is 2.77. The van der Waals surface area contributed by atoms with Gasteiger partial charge in [-0.05, 0) is 25.1 Å². The van der Waals surface area contributed by atoms with Crippen LogP contribution in [-0.4, -0.2) is 16.0 Å². The fourth-order valence-corrected chi connectivity index (χ4v) is 1.90. The Balaban J connectivity index is 2.31. The van der Waals surface area contributed by atoms with E-state index in [-0.39, 0.29) is 5.71 Å². The van der Waals surface area contributed by atoms with Crippen LogP contribution in [0, 0.1) is 6.92 Å². The highest BCUT2D eigenvalue weighted by molar-refractivity contribution is 6.06. The van der Waals surface area contributed by atoms with Crippen LogP contribution in [-0.2, 0) is 0 Å². The van der Waals surface area contributed by atoms with E-state index in [1.54, 1.807) is 25.1 Å². The molecule has 0 fully saturated rings. The minimum atomic E-state index is -0.438. The van der Waals surface area contributed by atoms with Crippen LogP contribution in [0.4, 0.5) is 0 Å². The fraction of sp³-hybridized carbons (Fsp3) is 0.0833. The van der Waals surface area contributed by atoms with Gasteiger partial charge in [-0.3, -0.25) is 10.2 Å². The minimum absolute atomic E-state index is 0.269. The highest BCUT2D eigenvalue weighted by atomic mass is 16.5. The average molecular weight is 258 g/mol. The summed E-state index contributed by atoms with van der Waals surface area (Å²) >= 11 is 0. The molecule has 19 heavy (non-hydrogen) atoms. The number of hydrogen-bond donors (Lipinski definition) is 2. The molecule has 0 saturated carbocycles. The number of hydrazine groups is 1. The van der Waals surface area contributed by atoms with E-state index in [9.17, 15) is 4.79 Å². The normalized spacial score (nSPS) is 10.8. The summed E-state index contributed by atoms with van der Waals surface area (Å²) in [6.07, 6.45) is 1.52. The quantitative estimate of drug-likeness (QED) is 0.408. The first-order chi connectivity index (χ1) is 9.20. The molecule has 3 heterocycles. The molecule has 0 saturated heterocycles. The number of nitrogen functional groups attached to an aromatic ring is 1. The monoisotopic (exact) mass is 258 g/mol. The standard InChI is InChI=1S/C12H10N4O3/c1-6-10-7(11(17)15-13)5-8(9-3-2-4-18-9)14-12(10)19-16-6/h2-5H,13H2,1H3,(H,15,17). The number of carbonyl (C=O) groups excluding carboxylic acids is 1. The number of amides is 1. The maximum absolute atomic E-state index is 11.8. The van der Waals surface area contributed by atoms with Crippen LogP contribution in [0.25, 0.3) is 22.6 Å². The van der Waals surface area contributed by atoms with E-state index >= 15 is 0 Å². The second-order valence-corrected chi connectivity index (χ2v) is 3.95. The van der Waals surface area contributed by atoms with Gasteiger partial charge in [0.15, 0.2) is 5.76 Å². The molecular weight excluding hydrogens is 248 g/mol. The van der Waals surface area contributed by atoms with E-state index in [1.165, 1.54) is 6.26 Å². The predicted molar refractivity (Wildman–Crippen MR) is 65.9 cm³/mol. The van der Waals surface area contributed by atoms with Crippen molar-refractivity contribution in [1.29, 1.82) is 0 Å².